The number of likely N-dealkylation sites (N-methyl/N-ethyl adjacent to an activating group) is 1. The molecule has 0 saturated carbocycles. The van der Waals surface area contributed by atoms with Crippen LogP contribution in [-0.4, -0.2) is 58.5 Å². The van der Waals surface area contributed by atoms with Gasteiger partial charge in [0.25, 0.3) is 10.0 Å². The number of carbonyl (C=O) groups is 2. The van der Waals surface area contributed by atoms with Gasteiger partial charge in [-0.05, 0) is 68.7 Å². The number of sulfonamides is 1. The molecule has 3 rings (SSSR count). The third-order valence-corrected chi connectivity index (χ3v) is 8.20. The van der Waals surface area contributed by atoms with Crippen LogP contribution in [0.3, 0.4) is 0 Å². The number of hydrogen-bond donors (Lipinski definition) is 1. The second kappa shape index (κ2) is 13.3. The zero-order valence-electron chi connectivity index (χ0n) is 23.8. The molecule has 0 spiro atoms. The second-order valence-corrected chi connectivity index (χ2v) is 11.3. The van der Waals surface area contributed by atoms with Gasteiger partial charge in [-0.15, -0.1) is 0 Å². The van der Waals surface area contributed by atoms with Crippen LogP contribution >= 0.6 is 0 Å². The van der Waals surface area contributed by atoms with E-state index in [0.717, 1.165) is 21.0 Å². The number of rotatable bonds is 12. The van der Waals surface area contributed by atoms with Crippen molar-refractivity contribution in [3.8, 4) is 11.5 Å². The highest BCUT2D eigenvalue weighted by Crippen LogP contribution is 2.33. The maximum Gasteiger partial charge on any atom is 0.264 e. The van der Waals surface area contributed by atoms with E-state index in [1.807, 2.05) is 50.2 Å². The van der Waals surface area contributed by atoms with Gasteiger partial charge in [0.1, 0.15) is 12.6 Å². The number of anilines is 1. The maximum absolute atomic E-state index is 14.1. The highest BCUT2D eigenvalue weighted by Gasteiger charge is 2.33. The van der Waals surface area contributed by atoms with Crippen molar-refractivity contribution in [2.75, 3.05) is 31.6 Å². The Bertz CT molecular complexity index is 1420. The summed E-state index contributed by atoms with van der Waals surface area (Å²) in [6.07, 6.45) is 0. The largest absolute Gasteiger partial charge is 0.493 e. The Labute approximate surface area is 236 Å². The molecule has 0 aromatic heterocycles. The lowest BCUT2D eigenvalue weighted by Crippen LogP contribution is -2.51. The van der Waals surface area contributed by atoms with Crippen LogP contribution in [0.4, 0.5) is 5.69 Å². The first kappa shape index (κ1) is 30.5. The third-order valence-electron chi connectivity index (χ3n) is 6.43. The Kier molecular flexibility index (Phi) is 10.2. The second-order valence-electron chi connectivity index (χ2n) is 9.45. The van der Waals surface area contributed by atoms with Crippen LogP contribution in [0.5, 0.6) is 11.5 Å². The van der Waals surface area contributed by atoms with E-state index in [2.05, 4.69) is 5.32 Å². The van der Waals surface area contributed by atoms with Gasteiger partial charge < -0.3 is 19.7 Å². The van der Waals surface area contributed by atoms with Gasteiger partial charge in [-0.3, -0.25) is 13.9 Å². The van der Waals surface area contributed by atoms with Crippen LogP contribution in [0.15, 0.2) is 71.6 Å². The molecule has 0 saturated heterocycles. The highest BCUT2D eigenvalue weighted by molar-refractivity contribution is 7.92. The van der Waals surface area contributed by atoms with Gasteiger partial charge in [0.15, 0.2) is 11.5 Å². The van der Waals surface area contributed by atoms with Gasteiger partial charge in [-0.2, -0.15) is 0 Å². The quantitative estimate of drug-likeness (QED) is 0.354. The molecule has 0 aliphatic rings. The number of methoxy groups -OCH3 is 2. The molecule has 0 aliphatic carbocycles. The first-order chi connectivity index (χ1) is 19.0. The molecule has 1 N–H and O–H groups in total. The Balaban J connectivity index is 2.10. The molecule has 0 radical (unpaired) electrons. The minimum atomic E-state index is -4.25. The van der Waals surface area contributed by atoms with Gasteiger partial charge in [-0.25, -0.2) is 8.42 Å². The molecule has 0 heterocycles. The zero-order valence-corrected chi connectivity index (χ0v) is 24.6. The van der Waals surface area contributed by atoms with Crippen LogP contribution in [0.2, 0.25) is 0 Å². The standard InChI is InChI=1S/C30H37N3O6S/c1-7-31-30(35)23(4)32(19-24-11-9-8-10-12-24)29(34)20-33(25-16-21(2)15-22(3)17-25)40(36,37)26-13-14-27(38-5)28(18-26)39-6/h8-18,23H,7,19-20H2,1-6H3,(H,31,35). The van der Waals surface area contributed by atoms with Crippen LogP contribution in [0.25, 0.3) is 0 Å². The molecule has 10 heteroatoms. The first-order valence-corrected chi connectivity index (χ1v) is 14.4. The highest BCUT2D eigenvalue weighted by atomic mass is 32.2. The van der Waals surface area contributed by atoms with Crippen LogP contribution in [0, 0.1) is 13.8 Å². The molecular weight excluding hydrogens is 530 g/mol. The minimum Gasteiger partial charge on any atom is -0.493 e. The van der Waals surface area contributed by atoms with Crippen molar-refractivity contribution in [2.45, 2.75) is 45.2 Å². The molecule has 214 valence electrons. The molecule has 40 heavy (non-hydrogen) atoms. The number of benzene rings is 3. The van der Waals surface area contributed by atoms with E-state index in [0.29, 0.717) is 18.0 Å². The normalized spacial score (nSPS) is 11.8. The van der Waals surface area contributed by atoms with E-state index >= 15 is 0 Å². The van der Waals surface area contributed by atoms with Gasteiger partial charge in [0.05, 0.1) is 24.8 Å². The smallest absolute Gasteiger partial charge is 0.264 e. The van der Waals surface area contributed by atoms with Gasteiger partial charge >= 0.3 is 0 Å². The summed E-state index contributed by atoms with van der Waals surface area (Å²) in [5.41, 5.74) is 2.83. The van der Waals surface area contributed by atoms with Crippen molar-refractivity contribution in [3.63, 3.8) is 0 Å². The minimum absolute atomic E-state index is 0.0662. The summed E-state index contributed by atoms with van der Waals surface area (Å²) in [6.45, 7) is 7.17. The Hall–Kier alpha value is -4.05. The Morgan fingerprint density at radius 3 is 2.10 bits per heavy atom. The maximum atomic E-state index is 14.1. The van der Waals surface area contributed by atoms with Crippen molar-refractivity contribution in [2.24, 2.45) is 0 Å². The van der Waals surface area contributed by atoms with Gasteiger partial charge in [0.2, 0.25) is 11.8 Å². The number of aryl methyl sites for hydroxylation is 2. The van der Waals surface area contributed by atoms with E-state index in [1.165, 1.54) is 37.3 Å². The third kappa shape index (κ3) is 7.12. The number of hydrogen-bond acceptors (Lipinski definition) is 6. The summed E-state index contributed by atoms with van der Waals surface area (Å²) in [5.74, 6) is -0.232. The predicted octanol–water partition coefficient (Wildman–Crippen LogP) is 4.07. The van der Waals surface area contributed by atoms with E-state index in [4.69, 9.17) is 9.47 Å². The van der Waals surface area contributed by atoms with Crippen LogP contribution in [-0.2, 0) is 26.2 Å². The summed E-state index contributed by atoms with van der Waals surface area (Å²) >= 11 is 0. The van der Waals surface area contributed by atoms with Gasteiger partial charge in [0, 0.05) is 19.2 Å². The van der Waals surface area contributed by atoms with E-state index in [-0.39, 0.29) is 23.1 Å². The van der Waals surface area contributed by atoms with Crippen molar-refractivity contribution in [3.05, 3.63) is 83.4 Å². The molecule has 9 nitrogen and oxygen atoms in total. The molecule has 0 bridgehead atoms. The molecule has 0 aliphatic heterocycles. The lowest BCUT2D eigenvalue weighted by atomic mass is 10.1. The van der Waals surface area contributed by atoms with Crippen molar-refractivity contribution in [1.29, 1.82) is 0 Å². The van der Waals surface area contributed by atoms with Gasteiger partial charge in [-0.1, -0.05) is 36.4 Å². The lowest BCUT2D eigenvalue weighted by molar-refractivity contribution is -0.139. The predicted molar refractivity (Wildman–Crippen MR) is 155 cm³/mol. The van der Waals surface area contributed by atoms with Crippen molar-refractivity contribution < 1.29 is 27.5 Å². The molecule has 2 amide bonds. The van der Waals surface area contributed by atoms with Crippen molar-refractivity contribution >= 4 is 27.5 Å². The summed E-state index contributed by atoms with van der Waals surface area (Å²) in [4.78, 5) is 28.1. The van der Waals surface area contributed by atoms with Crippen LogP contribution in [0.1, 0.15) is 30.5 Å². The fraction of sp³-hybridized carbons (Fsp3) is 0.333. The SMILES string of the molecule is CCNC(=O)C(C)N(Cc1ccccc1)C(=O)CN(c1cc(C)cc(C)c1)S(=O)(=O)c1ccc(OC)c(OC)c1. The van der Waals surface area contributed by atoms with Crippen LogP contribution < -0.4 is 19.1 Å². The topological polar surface area (TPSA) is 105 Å². The number of ether oxygens (including phenoxy) is 2. The molecule has 3 aromatic carbocycles. The van der Waals surface area contributed by atoms with Crippen molar-refractivity contribution in [1.82, 2.24) is 10.2 Å². The molecule has 1 unspecified atom stereocenters. The number of amides is 2. The Morgan fingerprint density at radius 2 is 1.52 bits per heavy atom. The monoisotopic (exact) mass is 567 g/mol. The first-order valence-electron chi connectivity index (χ1n) is 13.0. The molecule has 3 aromatic rings. The summed E-state index contributed by atoms with van der Waals surface area (Å²) < 4.78 is 39.9. The summed E-state index contributed by atoms with van der Waals surface area (Å²) in [7, 11) is -1.37. The fourth-order valence-corrected chi connectivity index (χ4v) is 5.83. The zero-order chi connectivity index (χ0) is 29.4. The average Bonchev–Trinajstić information content (AvgIpc) is 2.93. The average molecular weight is 568 g/mol. The molecule has 1 atom stereocenters. The number of nitrogens with zero attached hydrogens (tertiary/aromatic N) is 2. The summed E-state index contributed by atoms with van der Waals surface area (Å²) in [5, 5.41) is 2.76. The fourth-order valence-electron chi connectivity index (χ4n) is 4.41. The Morgan fingerprint density at radius 1 is 0.900 bits per heavy atom. The van der Waals surface area contributed by atoms with E-state index < -0.39 is 28.5 Å². The summed E-state index contributed by atoms with van der Waals surface area (Å²) in [6, 6.07) is 18.1. The van der Waals surface area contributed by atoms with E-state index in [9.17, 15) is 18.0 Å². The number of nitrogens with one attached hydrogen (secondary N) is 1. The van der Waals surface area contributed by atoms with E-state index in [1.54, 1.807) is 26.0 Å². The molecule has 0 fully saturated rings. The number of carbonyl (C=O) groups excluding carboxylic acids is 2. The molecular formula is C30H37N3O6S. The lowest BCUT2D eigenvalue weighted by Gasteiger charge is -2.32.